The highest BCUT2D eigenvalue weighted by Gasteiger charge is 2.18. The third-order valence-electron chi connectivity index (χ3n) is 3.01. The molecule has 0 aliphatic carbocycles. The lowest BCUT2D eigenvalue weighted by Gasteiger charge is -2.04. The minimum atomic E-state index is -0.914. The van der Waals surface area contributed by atoms with Crippen molar-refractivity contribution in [3.05, 3.63) is 69.5 Å². The first-order valence-corrected chi connectivity index (χ1v) is 7.07. The van der Waals surface area contributed by atoms with Crippen LogP contribution < -0.4 is 5.32 Å². The molecule has 7 nitrogen and oxygen atoms in total. The number of phenols is 1. The maximum Gasteiger partial charge on any atom is 0.408 e. The van der Waals surface area contributed by atoms with Crippen LogP contribution in [0.1, 0.15) is 11.1 Å². The summed E-state index contributed by atoms with van der Waals surface area (Å²) in [5.74, 6) is 3.19. The maximum atomic E-state index is 13.3. The number of ether oxygens (including phenoxy) is 1. The fraction of sp³-hybridized carbons (Fsp3) is 0.118. The van der Waals surface area contributed by atoms with Crippen molar-refractivity contribution in [2.45, 2.75) is 6.61 Å². The highest BCUT2D eigenvalue weighted by Crippen LogP contribution is 2.30. The number of carbonyl (C=O) groups is 1. The van der Waals surface area contributed by atoms with Crippen LogP contribution in [0.3, 0.4) is 0 Å². The van der Waals surface area contributed by atoms with Crippen molar-refractivity contribution >= 4 is 11.8 Å². The first kappa shape index (κ1) is 17.7. The van der Waals surface area contributed by atoms with E-state index < -0.39 is 28.3 Å². The molecule has 2 rings (SSSR count). The Hall–Kier alpha value is -3.60. The van der Waals surface area contributed by atoms with Gasteiger partial charge in [0.2, 0.25) is 5.75 Å². The van der Waals surface area contributed by atoms with Crippen LogP contribution in [0, 0.1) is 27.8 Å². The second kappa shape index (κ2) is 8.31. The number of nitrogens with zero attached hydrogens (tertiary/aromatic N) is 1. The predicted octanol–water partition coefficient (Wildman–Crippen LogP) is 2.72. The highest BCUT2D eigenvalue weighted by molar-refractivity contribution is 5.67. The summed E-state index contributed by atoms with van der Waals surface area (Å²) in [6.45, 7) is -0.0473. The molecule has 0 saturated heterocycles. The SMILES string of the molecule is O=C(NCC#Cc1cc(F)cc([N+](=O)[O-])c1O)OCc1ccccc1. The number of halogens is 1. The van der Waals surface area contributed by atoms with Crippen LogP contribution in [-0.2, 0) is 11.3 Å². The number of nitro groups is 1. The zero-order valence-corrected chi connectivity index (χ0v) is 12.9. The van der Waals surface area contributed by atoms with Crippen molar-refractivity contribution < 1.29 is 24.0 Å². The highest BCUT2D eigenvalue weighted by atomic mass is 19.1. The quantitative estimate of drug-likeness (QED) is 0.504. The Morgan fingerprint density at radius 2 is 2.04 bits per heavy atom. The monoisotopic (exact) mass is 344 g/mol. The number of hydrogen-bond acceptors (Lipinski definition) is 5. The number of rotatable bonds is 4. The fourth-order valence-electron chi connectivity index (χ4n) is 1.85. The van der Waals surface area contributed by atoms with E-state index in [0.29, 0.717) is 6.07 Å². The van der Waals surface area contributed by atoms with E-state index in [1.807, 2.05) is 18.2 Å². The average molecular weight is 344 g/mol. The Balaban J connectivity index is 1.90. The number of benzene rings is 2. The van der Waals surface area contributed by atoms with Crippen LogP contribution in [0.4, 0.5) is 14.9 Å². The Kier molecular flexibility index (Phi) is 5.90. The molecule has 0 fully saturated rings. The third kappa shape index (κ3) is 5.21. The van der Waals surface area contributed by atoms with E-state index in [9.17, 15) is 24.4 Å². The number of aromatic hydroxyl groups is 1. The molecule has 2 aromatic carbocycles. The van der Waals surface area contributed by atoms with E-state index in [4.69, 9.17) is 4.74 Å². The van der Waals surface area contributed by atoms with Gasteiger partial charge in [-0.2, -0.15) is 0 Å². The summed E-state index contributed by atoms with van der Waals surface area (Å²) in [5, 5.41) is 22.7. The van der Waals surface area contributed by atoms with Gasteiger partial charge in [-0.3, -0.25) is 10.1 Å². The molecule has 0 aliphatic rings. The smallest absolute Gasteiger partial charge is 0.408 e. The van der Waals surface area contributed by atoms with Crippen molar-refractivity contribution in [2.75, 3.05) is 6.54 Å². The molecule has 0 unspecified atom stereocenters. The summed E-state index contributed by atoms with van der Waals surface area (Å²) in [5.41, 5.74) is -0.202. The molecule has 0 aliphatic heterocycles. The zero-order chi connectivity index (χ0) is 18.2. The van der Waals surface area contributed by atoms with Gasteiger partial charge in [-0.05, 0) is 11.6 Å². The Morgan fingerprint density at radius 3 is 2.72 bits per heavy atom. The van der Waals surface area contributed by atoms with Gasteiger partial charge in [0.1, 0.15) is 12.4 Å². The standard InChI is InChI=1S/C17H13FN2O5/c18-14-9-13(16(21)15(10-14)20(23)24)7-4-8-19-17(22)25-11-12-5-2-1-3-6-12/h1-3,5-6,9-10,21H,8,11H2,(H,19,22). The van der Waals surface area contributed by atoms with Crippen molar-refractivity contribution in [3.8, 4) is 17.6 Å². The van der Waals surface area contributed by atoms with Gasteiger partial charge in [0.15, 0.2) is 0 Å². The van der Waals surface area contributed by atoms with Gasteiger partial charge in [0.25, 0.3) is 0 Å². The lowest BCUT2D eigenvalue weighted by molar-refractivity contribution is -0.386. The summed E-state index contributed by atoms with van der Waals surface area (Å²) in [4.78, 5) is 21.3. The Bertz CT molecular complexity index is 843. The van der Waals surface area contributed by atoms with Crippen molar-refractivity contribution in [3.63, 3.8) is 0 Å². The van der Waals surface area contributed by atoms with E-state index in [1.54, 1.807) is 12.1 Å². The predicted molar refractivity (Wildman–Crippen MR) is 86.2 cm³/mol. The molecular weight excluding hydrogens is 331 g/mol. The summed E-state index contributed by atoms with van der Waals surface area (Å²) in [6, 6.07) is 10.5. The second-order valence-corrected chi connectivity index (χ2v) is 4.80. The summed E-state index contributed by atoms with van der Waals surface area (Å²) >= 11 is 0. The largest absolute Gasteiger partial charge is 0.501 e. The van der Waals surface area contributed by atoms with E-state index in [0.717, 1.165) is 11.6 Å². The molecule has 0 atom stereocenters. The van der Waals surface area contributed by atoms with Crippen molar-refractivity contribution in [2.24, 2.45) is 0 Å². The molecule has 0 radical (unpaired) electrons. The summed E-state index contributed by atoms with van der Waals surface area (Å²) in [6.07, 6.45) is -0.701. The molecule has 2 aromatic rings. The number of carbonyl (C=O) groups excluding carboxylic acids is 1. The van der Waals surface area contributed by atoms with Gasteiger partial charge >= 0.3 is 11.8 Å². The lowest BCUT2D eigenvalue weighted by atomic mass is 10.1. The molecule has 0 spiro atoms. The molecule has 128 valence electrons. The summed E-state index contributed by atoms with van der Waals surface area (Å²) < 4.78 is 18.3. The van der Waals surface area contributed by atoms with Gasteiger partial charge in [-0.1, -0.05) is 42.2 Å². The Morgan fingerprint density at radius 1 is 1.32 bits per heavy atom. The van der Waals surface area contributed by atoms with Gasteiger partial charge < -0.3 is 15.2 Å². The Labute approximate surface area is 142 Å². The normalized spacial score (nSPS) is 9.64. The van der Waals surface area contributed by atoms with E-state index in [-0.39, 0.29) is 18.7 Å². The summed E-state index contributed by atoms with van der Waals surface area (Å²) in [7, 11) is 0. The van der Waals surface area contributed by atoms with Crippen LogP contribution in [-0.4, -0.2) is 22.7 Å². The molecule has 0 heterocycles. The number of nitrogens with one attached hydrogen (secondary N) is 1. The molecule has 8 heteroatoms. The van der Waals surface area contributed by atoms with Crippen LogP contribution in [0.15, 0.2) is 42.5 Å². The number of nitro benzene ring substituents is 1. The maximum absolute atomic E-state index is 13.3. The number of amides is 1. The number of hydrogen-bond donors (Lipinski definition) is 2. The topological polar surface area (TPSA) is 102 Å². The first-order chi connectivity index (χ1) is 12.0. The van der Waals surface area contributed by atoms with Crippen molar-refractivity contribution in [1.82, 2.24) is 5.32 Å². The second-order valence-electron chi connectivity index (χ2n) is 4.80. The van der Waals surface area contributed by atoms with Crippen LogP contribution in [0.2, 0.25) is 0 Å². The minimum Gasteiger partial charge on any atom is -0.501 e. The lowest BCUT2D eigenvalue weighted by Crippen LogP contribution is -2.24. The number of phenolic OH excluding ortho intramolecular Hbond substituents is 1. The van der Waals surface area contributed by atoms with Gasteiger partial charge in [-0.25, -0.2) is 9.18 Å². The molecule has 25 heavy (non-hydrogen) atoms. The van der Waals surface area contributed by atoms with Crippen LogP contribution >= 0.6 is 0 Å². The molecule has 1 amide bonds. The first-order valence-electron chi connectivity index (χ1n) is 7.07. The average Bonchev–Trinajstić information content (AvgIpc) is 2.60. The molecule has 0 aromatic heterocycles. The van der Waals surface area contributed by atoms with E-state index in [1.165, 1.54) is 0 Å². The van der Waals surface area contributed by atoms with Gasteiger partial charge in [-0.15, -0.1) is 0 Å². The third-order valence-corrected chi connectivity index (χ3v) is 3.01. The van der Waals surface area contributed by atoms with Crippen molar-refractivity contribution in [1.29, 1.82) is 0 Å². The number of alkyl carbamates (subject to hydrolysis) is 1. The molecule has 0 saturated carbocycles. The molecular formula is C17H13FN2O5. The van der Waals surface area contributed by atoms with E-state index in [2.05, 4.69) is 17.2 Å². The molecule has 0 bridgehead atoms. The molecule has 2 N–H and O–H groups in total. The van der Waals surface area contributed by atoms with E-state index >= 15 is 0 Å². The van der Waals surface area contributed by atoms with Gasteiger partial charge in [0, 0.05) is 0 Å². The zero-order valence-electron chi connectivity index (χ0n) is 12.9. The minimum absolute atomic E-state index is 0.0942. The van der Waals surface area contributed by atoms with Gasteiger partial charge in [0.05, 0.1) is 23.1 Å². The fourth-order valence-corrected chi connectivity index (χ4v) is 1.85. The van der Waals surface area contributed by atoms with Crippen LogP contribution in [0.25, 0.3) is 0 Å². The van der Waals surface area contributed by atoms with Crippen LogP contribution in [0.5, 0.6) is 5.75 Å².